The van der Waals surface area contributed by atoms with Gasteiger partial charge in [-0.15, -0.1) is 0 Å². The zero-order chi connectivity index (χ0) is 13.3. The third kappa shape index (κ3) is 2.09. The third-order valence-electron chi connectivity index (χ3n) is 4.10. The van der Waals surface area contributed by atoms with Gasteiger partial charge in [0, 0.05) is 33.1 Å². The van der Waals surface area contributed by atoms with Gasteiger partial charge in [0.2, 0.25) is 11.8 Å². The van der Waals surface area contributed by atoms with Crippen molar-refractivity contribution in [2.24, 2.45) is 11.1 Å². The lowest BCUT2D eigenvalue weighted by Gasteiger charge is -2.44. The highest BCUT2D eigenvalue weighted by atomic mass is 32.1. The molecule has 100 valence electrons. The molecule has 0 aromatic carbocycles. The second-order valence-corrected chi connectivity index (χ2v) is 5.54. The van der Waals surface area contributed by atoms with Crippen LogP contribution >= 0.6 is 12.2 Å². The van der Waals surface area contributed by atoms with Crippen molar-refractivity contribution < 1.29 is 9.59 Å². The number of rotatable bonds is 2. The van der Waals surface area contributed by atoms with Gasteiger partial charge < -0.3 is 15.5 Å². The first kappa shape index (κ1) is 13.3. The Morgan fingerprint density at radius 1 is 1.11 bits per heavy atom. The molecule has 6 heteroatoms. The van der Waals surface area contributed by atoms with E-state index in [0.29, 0.717) is 31.2 Å². The molecule has 1 heterocycles. The average Bonchev–Trinajstić information content (AvgIpc) is 2.27. The molecule has 18 heavy (non-hydrogen) atoms. The first-order valence-corrected chi connectivity index (χ1v) is 6.73. The van der Waals surface area contributed by atoms with Crippen LogP contribution in [0.2, 0.25) is 0 Å². The number of amides is 2. The van der Waals surface area contributed by atoms with Gasteiger partial charge in [0.15, 0.2) is 0 Å². The van der Waals surface area contributed by atoms with Crippen molar-refractivity contribution in [3.8, 4) is 0 Å². The average molecular weight is 269 g/mol. The van der Waals surface area contributed by atoms with E-state index in [0.717, 1.165) is 19.3 Å². The Labute approximate surface area is 112 Å². The van der Waals surface area contributed by atoms with E-state index in [1.54, 1.807) is 16.7 Å². The number of hydrogen-bond donors (Lipinski definition) is 1. The Morgan fingerprint density at radius 3 is 1.94 bits per heavy atom. The van der Waals surface area contributed by atoms with E-state index in [2.05, 4.69) is 0 Å². The fourth-order valence-electron chi connectivity index (χ4n) is 2.62. The maximum absolute atomic E-state index is 12.5. The summed E-state index contributed by atoms with van der Waals surface area (Å²) >= 11 is 5.06. The third-order valence-corrected chi connectivity index (χ3v) is 4.49. The van der Waals surface area contributed by atoms with Crippen molar-refractivity contribution in [1.82, 2.24) is 9.80 Å². The highest BCUT2D eigenvalue weighted by Gasteiger charge is 2.49. The minimum atomic E-state index is -0.590. The number of thiocarbonyl (C=S) groups is 1. The summed E-state index contributed by atoms with van der Waals surface area (Å²) in [5, 5.41) is 0. The molecule has 0 unspecified atom stereocenters. The summed E-state index contributed by atoms with van der Waals surface area (Å²) in [6, 6.07) is 0. The van der Waals surface area contributed by atoms with E-state index >= 15 is 0 Å². The van der Waals surface area contributed by atoms with Crippen LogP contribution in [0.1, 0.15) is 26.2 Å². The van der Waals surface area contributed by atoms with Gasteiger partial charge in [0.25, 0.3) is 0 Å². The summed E-state index contributed by atoms with van der Waals surface area (Å²) in [6.45, 7) is 3.94. The Morgan fingerprint density at radius 2 is 1.61 bits per heavy atom. The Bertz CT molecular complexity index is 385. The number of nitrogens with two attached hydrogens (primary N) is 1. The lowest BCUT2D eigenvalue weighted by Crippen LogP contribution is -2.59. The van der Waals surface area contributed by atoms with E-state index < -0.39 is 5.41 Å². The van der Waals surface area contributed by atoms with Crippen LogP contribution in [0.25, 0.3) is 0 Å². The van der Waals surface area contributed by atoms with Gasteiger partial charge in [0.1, 0.15) is 0 Å². The van der Waals surface area contributed by atoms with Crippen molar-refractivity contribution in [2.45, 2.75) is 26.2 Å². The second-order valence-electron chi connectivity index (χ2n) is 5.10. The normalized spacial score (nSPS) is 22.3. The number of piperazine rings is 1. The topological polar surface area (TPSA) is 66.6 Å². The van der Waals surface area contributed by atoms with Crippen LogP contribution in [0.3, 0.4) is 0 Å². The monoisotopic (exact) mass is 269 g/mol. The summed E-state index contributed by atoms with van der Waals surface area (Å²) in [6.07, 6.45) is 2.55. The molecule has 0 bridgehead atoms. The first-order chi connectivity index (χ1) is 8.47. The summed E-state index contributed by atoms with van der Waals surface area (Å²) in [5.41, 5.74) is 5.15. The minimum Gasteiger partial charge on any atom is -0.392 e. The lowest BCUT2D eigenvalue weighted by atomic mass is 9.67. The zero-order valence-corrected chi connectivity index (χ0v) is 11.5. The van der Waals surface area contributed by atoms with Crippen molar-refractivity contribution in [2.75, 3.05) is 26.2 Å². The molecule has 0 atom stereocenters. The summed E-state index contributed by atoms with van der Waals surface area (Å²) in [5.74, 6) is 0.124. The molecule has 5 nitrogen and oxygen atoms in total. The molecule has 0 aromatic heterocycles. The molecule has 1 aliphatic carbocycles. The standard InChI is InChI=1S/C12H19N3O2S/c1-9(16)14-5-7-15(8-6-14)11(17)12(10(13)18)3-2-4-12/h2-8H2,1H3,(H2,13,18). The van der Waals surface area contributed by atoms with Crippen LogP contribution in [-0.2, 0) is 9.59 Å². The Hall–Kier alpha value is -1.17. The van der Waals surface area contributed by atoms with Crippen LogP contribution in [0.4, 0.5) is 0 Å². The molecule has 2 fully saturated rings. The molecule has 2 aliphatic rings. The summed E-state index contributed by atoms with van der Waals surface area (Å²) in [7, 11) is 0. The van der Waals surface area contributed by atoms with E-state index in [1.165, 1.54) is 0 Å². The predicted molar refractivity (Wildman–Crippen MR) is 71.9 cm³/mol. The van der Waals surface area contributed by atoms with Gasteiger partial charge in [0.05, 0.1) is 10.4 Å². The van der Waals surface area contributed by atoms with E-state index in [1.807, 2.05) is 0 Å². The van der Waals surface area contributed by atoms with E-state index in [9.17, 15) is 9.59 Å². The fourth-order valence-corrected chi connectivity index (χ4v) is 2.91. The Kier molecular flexibility index (Phi) is 3.56. The van der Waals surface area contributed by atoms with Crippen molar-refractivity contribution in [3.63, 3.8) is 0 Å². The molecule has 1 saturated heterocycles. The molecule has 1 aliphatic heterocycles. The highest BCUT2D eigenvalue weighted by molar-refractivity contribution is 7.80. The predicted octanol–water partition coefficient (Wildman–Crippen LogP) is 0.134. The van der Waals surface area contributed by atoms with Crippen molar-refractivity contribution in [3.05, 3.63) is 0 Å². The number of carbonyl (C=O) groups is 2. The number of carbonyl (C=O) groups excluding carboxylic acids is 2. The van der Waals surface area contributed by atoms with Crippen LogP contribution in [0.15, 0.2) is 0 Å². The van der Waals surface area contributed by atoms with Gasteiger partial charge in [-0.3, -0.25) is 9.59 Å². The van der Waals surface area contributed by atoms with Crippen molar-refractivity contribution >= 4 is 29.0 Å². The molecule has 0 aromatic rings. The van der Waals surface area contributed by atoms with Crippen molar-refractivity contribution in [1.29, 1.82) is 0 Å². The van der Waals surface area contributed by atoms with Gasteiger partial charge in [-0.2, -0.15) is 0 Å². The SMILES string of the molecule is CC(=O)N1CCN(C(=O)C2(C(N)=S)CCC2)CC1. The van der Waals surface area contributed by atoms with Crippen LogP contribution in [0.5, 0.6) is 0 Å². The van der Waals surface area contributed by atoms with Crippen LogP contribution in [-0.4, -0.2) is 52.8 Å². The van der Waals surface area contributed by atoms with Gasteiger partial charge in [-0.1, -0.05) is 18.6 Å². The largest absolute Gasteiger partial charge is 0.392 e. The van der Waals surface area contributed by atoms with Crippen LogP contribution < -0.4 is 5.73 Å². The molecular formula is C12H19N3O2S. The van der Waals surface area contributed by atoms with Gasteiger partial charge in [-0.05, 0) is 12.8 Å². The Balaban J connectivity index is 1.99. The fraction of sp³-hybridized carbons (Fsp3) is 0.750. The summed E-state index contributed by atoms with van der Waals surface area (Å²) in [4.78, 5) is 27.6. The summed E-state index contributed by atoms with van der Waals surface area (Å²) < 4.78 is 0. The van der Waals surface area contributed by atoms with Crippen LogP contribution in [0, 0.1) is 5.41 Å². The molecular weight excluding hydrogens is 250 g/mol. The zero-order valence-electron chi connectivity index (χ0n) is 10.6. The molecule has 2 rings (SSSR count). The van der Waals surface area contributed by atoms with E-state index in [-0.39, 0.29) is 11.8 Å². The van der Waals surface area contributed by atoms with E-state index in [4.69, 9.17) is 18.0 Å². The maximum atomic E-state index is 12.5. The molecule has 0 radical (unpaired) electrons. The highest BCUT2D eigenvalue weighted by Crippen LogP contribution is 2.43. The second kappa shape index (κ2) is 4.84. The maximum Gasteiger partial charge on any atom is 0.235 e. The number of nitrogens with zero attached hydrogens (tertiary/aromatic N) is 2. The number of hydrogen-bond acceptors (Lipinski definition) is 3. The molecule has 2 amide bonds. The first-order valence-electron chi connectivity index (χ1n) is 6.32. The quantitative estimate of drug-likeness (QED) is 0.724. The lowest BCUT2D eigenvalue weighted by molar-refractivity contribution is -0.146. The molecule has 1 saturated carbocycles. The minimum absolute atomic E-state index is 0.0597. The van der Waals surface area contributed by atoms with Gasteiger partial charge in [-0.25, -0.2) is 0 Å². The molecule has 2 N–H and O–H groups in total. The van der Waals surface area contributed by atoms with Gasteiger partial charge >= 0.3 is 0 Å². The smallest absolute Gasteiger partial charge is 0.235 e. The molecule has 0 spiro atoms.